The molecule has 0 fully saturated rings. The van der Waals surface area contributed by atoms with E-state index in [1.54, 1.807) is 19.1 Å². The van der Waals surface area contributed by atoms with Crippen molar-refractivity contribution in [2.75, 3.05) is 10.0 Å². The van der Waals surface area contributed by atoms with Crippen molar-refractivity contribution in [3.8, 4) is 0 Å². The average molecular weight is 437 g/mol. The van der Waals surface area contributed by atoms with Crippen molar-refractivity contribution in [2.45, 2.75) is 11.8 Å². The van der Waals surface area contributed by atoms with Crippen LogP contribution in [0.2, 0.25) is 10.0 Å². The Hall–Kier alpha value is -2.68. The molecule has 1 heterocycles. The molecule has 0 spiro atoms. The van der Waals surface area contributed by atoms with Gasteiger partial charge in [0.2, 0.25) is 5.95 Å². The monoisotopic (exact) mass is 436 g/mol. The lowest BCUT2D eigenvalue weighted by atomic mass is 10.2. The third kappa shape index (κ3) is 4.78. The lowest BCUT2D eigenvalue weighted by Crippen LogP contribution is -2.16. The van der Waals surface area contributed by atoms with Gasteiger partial charge in [-0.25, -0.2) is 23.1 Å². The van der Waals surface area contributed by atoms with E-state index in [0.29, 0.717) is 16.4 Å². The van der Waals surface area contributed by atoms with Crippen LogP contribution in [0.4, 0.5) is 11.6 Å². The first-order valence-electron chi connectivity index (χ1n) is 7.93. The second-order valence-electron chi connectivity index (χ2n) is 5.73. The lowest BCUT2D eigenvalue weighted by Gasteiger charge is -2.09. The number of rotatable bonds is 5. The number of amides is 1. The van der Waals surface area contributed by atoms with Crippen LogP contribution in [0.1, 0.15) is 16.1 Å². The quantitative estimate of drug-likeness (QED) is 0.625. The van der Waals surface area contributed by atoms with E-state index < -0.39 is 15.9 Å². The van der Waals surface area contributed by atoms with Gasteiger partial charge in [-0.15, -0.1) is 0 Å². The van der Waals surface area contributed by atoms with E-state index in [2.05, 4.69) is 20.0 Å². The maximum absolute atomic E-state index is 12.4. The molecule has 0 atom stereocenters. The first-order valence-corrected chi connectivity index (χ1v) is 10.2. The van der Waals surface area contributed by atoms with Crippen LogP contribution in [0.15, 0.2) is 59.6 Å². The fourth-order valence-electron chi connectivity index (χ4n) is 2.27. The molecule has 144 valence electrons. The van der Waals surface area contributed by atoms with Gasteiger partial charge in [-0.3, -0.25) is 4.79 Å². The van der Waals surface area contributed by atoms with Crippen molar-refractivity contribution in [2.24, 2.45) is 0 Å². The second-order valence-corrected chi connectivity index (χ2v) is 8.26. The predicted molar refractivity (Wildman–Crippen MR) is 108 cm³/mol. The van der Waals surface area contributed by atoms with Crippen molar-refractivity contribution in [1.29, 1.82) is 0 Å². The van der Waals surface area contributed by atoms with Crippen molar-refractivity contribution in [1.82, 2.24) is 9.97 Å². The van der Waals surface area contributed by atoms with Gasteiger partial charge in [-0.05, 0) is 55.5 Å². The molecule has 0 unspecified atom stereocenters. The Morgan fingerprint density at radius 1 is 1.04 bits per heavy atom. The van der Waals surface area contributed by atoms with Crippen LogP contribution in [0, 0.1) is 6.92 Å². The van der Waals surface area contributed by atoms with Gasteiger partial charge in [0, 0.05) is 22.6 Å². The molecule has 2 aromatic carbocycles. The number of nitrogens with one attached hydrogen (secondary N) is 2. The van der Waals surface area contributed by atoms with Crippen LogP contribution in [0.3, 0.4) is 0 Å². The third-order valence-corrected chi connectivity index (χ3v) is 5.51. The number of benzene rings is 2. The molecule has 0 aliphatic heterocycles. The largest absolute Gasteiger partial charge is 0.322 e. The molecule has 3 rings (SSSR count). The van der Waals surface area contributed by atoms with E-state index in [4.69, 9.17) is 23.2 Å². The van der Waals surface area contributed by atoms with Crippen LogP contribution < -0.4 is 10.0 Å². The first-order chi connectivity index (χ1) is 13.2. The number of carbonyl (C=O) groups excluding carboxylic acids is 1. The van der Waals surface area contributed by atoms with E-state index in [1.807, 2.05) is 0 Å². The van der Waals surface area contributed by atoms with Gasteiger partial charge in [0.1, 0.15) is 0 Å². The van der Waals surface area contributed by atoms with Gasteiger partial charge < -0.3 is 5.32 Å². The molecule has 28 heavy (non-hydrogen) atoms. The molecule has 0 radical (unpaired) electrons. The first kappa shape index (κ1) is 20.1. The second kappa shape index (κ2) is 8.14. The highest BCUT2D eigenvalue weighted by molar-refractivity contribution is 7.92. The van der Waals surface area contributed by atoms with Gasteiger partial charge in [0.05, 0.1) is 15.5 Å². The summed E-state index contributed by atoms with van der Waals surface area (Å²) in [6.45, 7) is 1.73. The Balaban J connectivity index is 1.74. The minimum absolute atomic E-state index is 0.000121. The molecule has 1 aromatic heterocycles. The Kier molecular flexibility index (Phi) is 5.83. The summed E-state index contributed by atoms with van der Waals surface area (Å²) in [5.74, 6) is -0.460. The highest BCUT2D eigenvalue weighted by atomic mass is 35.5. The van der Waals surface area contributed by atoms with E-state index in [0.717, 1.165) is 0 Å². The van der Waals surface area contributed by atoms with Crippen molar-refractivity contribution >= 4 is 50.8 Å². The molecule has 0 bridgehead atoms. The van der Waals surface area contributed by atoms with E-state index in [-0.39, 0.29) is 21.4 Å². The zero-order valence-corrected chi connectivity index (χ0v) is 16.8. The Bertz CT molecular complexity index is 1140. The van der Waals surface area contributed by atoms with E-state index >= 15 is 0 Å². The maximum atomic E-state index is 12.4. The molecule has 1 amide bonds. The summed E-state index contributed by atoms with van der Waals surface area (Å²) in [5, 5.41) is 3.28. The molecule has 10 heteroatoms. The van der Waals surface area contributed by atoms with Crippen LogP contribution in [-0.4, -0.2) is 24.3 Å². The minimum atomic E-state index is -3.86. The fraction of sp³-hybridized carbons (Fsp3) is 0.0556. The fourth-order valence-corrected chi connectivity index (χ4v) is 3.71. The number of aryl methyl sites for hydroxylation is 1. The van der Waals surface area contributed by atoms with Crippen molar-refractivity contribution in [3.63, 3.8) is 0 Å². The Morgan fingerprint density at radius 3 is 2.39 bits per heavy atom. The number of nitrogens with zero attached hydrogens (tertiary/aromatic N) is 2. The number of carbonyl (C=O) groups is 1. The highest BCUT2D eigenvalue weighted by Crippen LogP contribution is 2.23. The maximum Gasteiger partial charge on any atom is 0.264 e. The van der Waals surface area contributed by atoms with Gasteiger partial charge in [0.25, 0.3) is 15.9 Å². The highest BCUT2D eigenvalue weighted by Gasteiger charge is 2.16. The number of anilines is 2. The molecular weight excluding hydrogens is 423 g/mol. The summed E-state index contributed by atoms with van der Waals surface area (Å²) < 4.78 is 27.2. The number of sulfonamides is 1. The molecule has 0 aliphatic carbocycles. The lowest BCUT2D eigenvalue weighted by molar-refractivity contribution is 0.102. The van der Waals surface area contributed by atoms with Gasteiger partial charge in [-0.2, -0.15) is 0 Å². The molecule has 0 saturated carbocycles. The zero-order valence-electron chi connectivity index (χ0n) is 14.5. The molecule has 0 aliphatic rings. The number of hydrogen-bond donors (Lipinski definition) is 2. The predicted octanol–water partition coefficient (Wildman–Crippen LogP) is 4.14. The summed E-state index contributed by atoms with van der Waals surface area (Å²) in [5.41, 5.74) is 1.29. The van der Waals surface area contributed by atoms with Gasteiger partial charge in [-0.1, -0.05) is 23.2 Å². The van der Waals surface area contributed by atoms with Gasteiger partial charge >= 0.3 is 0 Å². The van der Waals surface area contributed by atoms with Crippen molar-refractivity contribution in [3.05, 3.63) is 76.0 Å². The topological polar surface area (TPSA) is 101 Å². The van der Waals surface area contributed by atoms with E-state index in [9.17, 15) is 13.2 Å². The normalized spacial score (nSPS) is 11.1. The van der Waals surface area contributed by atoms with Gasteiger partial charge in [0.15, 0.2) is 0 Å². The SMILES string of the molecule is Cc1ccnc(NS(=O)(=O)c2ccc(NC(=O)c3ccc(Cl)cc3Cl)cc2)n1. The summed E-state index contributed by atoms with van der Waals surface area (Å²) in [6.07, 6.45) is 1.46. The molecule has 3 aromatic rings. The summed E-state index contributed by atoms with van der Waals surface area (Å²) >= 11 is 11.8. The summed E-state index contributed by atoms with van der Waals surface area (Å²) in [4.78, 5) is 20.2. The molecule has 0 saturated heterocycles. The van der Waals surface area contributed by atoms with E-state index in [1.165, 1.54) is 42.6 Å². The summed E-state index contributed by atoms with van der Waals surface area (Å²) in [6, 6.07) is 11.8. The smallest absolute Gasteiger partial charge is 0.264 e. The van der Waals surface area contributed by atoms with Crippen LogP contribution in [0.25, 0.3) is 0 Å². The van der Waals surface area contributed by atoms with Crippen LogP contribution in [-0.2, 0) is 10.0 Å². The number of aromatic nitrogens is 2. The average Bonchev–Trinajstić information content (AvgIpc) is 2.61. The Labute approximate surface area is 171 Å². The van der Waals surface area contributed by atoms with Crippen LogP contribution >= 0.6 is 23.2 Å². The number of halogens is 2. The standard InChI is InChI=1S/C18H14Cl2N4O3S/c1-11-8-9-21-18(22-11)24-28(26,27)14-5-3-13(4-6-14)23-17(25)15-7-2-12(19)10-16(15)20/h2-10H,1H3,(H,23,25)(H,21,22,24). The molecule has 7 nitrogen and oxygen atoms in total. The molecule has 2 N–H and O–H groups in total. The Morgan fingerprint density at radius 2 is 1.75 bits per heavy atom. The zero-order chi connectivity index (χ0) is 20.3. The molecular formula is C18H14Cl2N4O3S. The van der Waals surface area contributed by atoms with Crippen LogP contribution in [0.5, 0.6) is 0 Å². The summed E-state index contributed by atoms with van der Waals surface area (Å²) in [7, 11) is -3.86. The van der Waals surface area contributed by atoms with Crippen molar-refractivity contribution < 1.29 is 13.2 Å². The third-order valence-electron chi connectivity index (χ3n) is 3.62. The number of hydrogen-bond acceptors (Lipinski definition) is 5. The minimum Gasteiger partial charge on any atom is -0.322 e.